The van der Waals surface area contributed by atoms with E-state index in [9.17, 15) is 0 Å². The van der Waals surface area contributed by atoms with E-state index in [0.29, 0.717) is 0 Å². The molecule has 0 radical (unpaired) electrons. The molecule has 3 nitrogen and oxygen atoms in total. The zero-order chi connectivity index (χ0) is 13.9. The lowest BCUT2D eigenvalue weighted by Gasteiger charge is -2.49. The van der Waals surface area contributed by atoms with Crippen LogP contribution in [0.15, 0.2) is 18.5 Å². The van der Waals surface area contributed by atoms with Gasteiger partial charge in [-0.1, -0.05) is 13.3 Å². The third-order valence-electron chi connectivity index (χ3n) is 5.11. The van der Waals surface area contributed by atoms with Gasteiger partial charge in [-0.05, 0) is 56.3 Å². The van der Waals surface area contributed by atoms with Crippen molar-refractivity contribution in [2.24, 2.45) is 0 Å². The second-order valence-electron chi connectivity index (χ2n) is 6.44. The van der Waals surface area contributed by atoms with Crippen LogP contribution in [0.1, 0.15) is 50.2 Å². The van der Waals surface area contributed by atoms with Crippen LogP contribution in [0.4, 0.5) is 0 Å². The number of nitrogens with one attached hydrogen (secondary N) is 1. The molecule has 1 aromatic rings. The van der Waals surface area contributed by atoms with Crippen molar-refractivity contribution in [2.45, 2.75) is 70.6 Å². The Hall–Kier alpha value is -0.930. The highest BCUT2D eigenvalue weighted by atomic mass is 15.2. The summed E-state index contributed by atoms with van der Waals surface area (Å²) in [4.78, 5) is 7.00. The highest BCUT2D eigenvalue weighted by Crippen LogP contribution is 2.35. The molecule has 2 bridgehead atoms. The Morgan fingerprint density at radius 3 is 2.70 bits per heavy atom. The second kappa shape index (κ2) is 6.23. The molecular formula is C17H27N3. The molecule has 0 aromatic carbocycles. The summed E-state index contributed by atoms with van der Waals surface area (Å²) in [6.07, 6.45) is 10.8. The van der Waals surface area contributed by atoms with Gasteiger partial charge in [0.05, 0.1) is 0 Å². The van der Waals surface area contributed by atoms with Gasteiger partial charge in [-0.25, -0.2) is 0 Å². The van der Waals surface area contributed by atoms with E-state index in [2.05, 4.69) is 35.1 Å². The number of hydrogen-bond donors (Lipinski definition) is 1. The van der Waals surface area contributed by atoms with Crippen LogP contribution >= 0.6 is 0 Å². The number of piperidine rings is 2. The van der Waals surface area contributed by atoms with Gasteiger partial charge in [-0.2, -0.15) is 0 Å². The van der Waals surface area contributed by atoms with E-state index in [4.69, 9.17) is 0 Å². The first-order valence-corrected chi connectivity index (χ1v) is 8.16. The van der Waals surface area contributed by atoms with Crippen LogP contribution in [-0.2, 0) is 6.54 Å². The predicted molar refractivity (Wildman–Crippen MR) is 82.6 cm³/mol. The summed E-state index contributed by atoms with van der Waals surface area (Å²) < 4.78 is 0. The number of pyridine rings is 1. The van der Waals surface area contributed by atoms with Crippen molar-refractivity contribution in [2.75, 3.05) is 6.54 Å². The Morgan fingerprint density at radius 2 is 2.05 bits per heavy atom. The minimum absolute atomic E-state index is 0.741. The van der Waals surface area contributed by atoms with E-state index in [1.807, 2.05) is 12.4 Å². The zero-order valence-electron chi connectivity index (χ0n) is 12.8. The minimum atomic E-state index is 0.741. The van der Waals surface area contributed by atoms with Crippen LogP contribution in [0.3, 0.4) is 0 Å². The highest BCUT2D eigenvalue weighted by Gasteiger charge is 2.37. The van der Waals surface area contributed by atoms with Gasteiger partial charge in [-0.15, -0.1) is 0 Å². The molecule has 3 heterocycles. The van der Waals surface area contributed by atoms with Gasteiger partial charge in [-0.3, -0.25) is 9.88 Å². The molecule has 110 valence electrons. The number of nitrogens with zero attached hydrogens (tertiary/aromatic N) is 2. The van der Waals surface area contributed by atoms with Crippen LogP contribution in [-0.4, -0.2) is 34.6 Å². The lowest BCUT2D eigenvalue weighted by Crippen LogP contribution is -2.55. The maximum absolute atomic E-state index is 4.22. The van der Waals surface area contributed by atoms with Crippen molar-refractivity contribution < 1.29 is 0 Å². The normalized spacial score (nSPS) is 30.4. The predicted octanol–water partition coefficient (Wildman–Crippen LogP) is 2.89. The number of aryl methyl sites for hydroxylation is 1. The van der Waals surface area contributed by atoms with Crippen LogP contribution in [0.5, 0.6) is 0 Å². The second-order valence-corrected chi connectivity index (χ2v) is 6.44. The Bertz CT molecular complexity index is 432. The van der Waals surface area contributed by atoms with E-state index in [1.54, 1.807) is 0 Å². The average molecular weight is 273 g/mol. The van der Waals surface area contributed by atoms with Gasteiger partial charge < -0.3 is 5.32 Å². The molecule has 2 aliphatic heterocycles. The molecule has 0 spiro atoms. The van der Waals surface area contributed by atoms with Crippen LogP contribution in [0.25, 0.3) is 0 Å². The van der Waals surface area contributed by atoms with Gasteiger partial charge in [0.15, 0.2) is 0 Å². The van der Waals surface area contributed by atoms with E-state index in [1.165, 1.54) is 43.2 Å². The van der Waals surface area contributed by atoms with Gasteiger partial charge in [0.2, 0.25) is 0 Å². The molecule has 3 heteroatoms. The molecule has 2 atom stereocenters. The molecule has 2 unspecified atom stereocenters. The summed E-state index contributed by atoms with van der Waals surface area (Å²) >= 11 is 0. The van der Waals surface area contributed by atoms with Gasteiger partial charge in [0.1, 0.15) is 0 Å². The summed E-state index contributed by atoms with van der Waals surface area (Å²) in [7, 11) is 0. The minimum Gasteiger partial charge on any atom is -0.314 e. The topological polar surface area (TPSA) is 28.2 Å². The van der Waals surface area contributed by atoms with Crippen molar-refractivity contribution in [1.82, 2.24) is 15.2 Å². The van der Waals surface area contributed by atoms with E-state index in [0.717, 1.165) is 31.2 Å². The number of fused-ring (bicyclic) bond motifs is 2. The Balaban J connectivity index is 1.72. The van der Waals surface area contributed by atoms with E-state index in [-0.39, 0.29) is 0 Å². The van der Waals surface area contributed by atoms with Crippen molar-refractivity contribution in [3.63, 3.8) is 0 Å². The quantitative estimate of drug-likeness (QED) is 0.914. The molecule has 2 saturated heterocycles. The fraction of sp³-hybridized carbons (Fsp3) is 0.706. The first-order valence-electron chi connectivity index (χ1n) is 8.16. The van der Waals surface area contributed by atoms with Crippen molar-refractivity contribution in [3.8, 4) is 0 Å². The average Bonchev–Trinajstić information content (AvgIpc) is 2.42. The number of aromatic nitrogens is 1. The SMILES string of the molecule is CCNC1CC2CCCC(C1)N2Cc1ccncc1C. The molecule has 20 heavy (non-hydrogen) atoms. The number of rotatable bonds is 4. The molecule has 0 amide bonds. The van der Waals surface area contributed by atoms with Crippen LogP contribution < -0.4 is 5.32 Å². The lowest BCUT2D eigenvalue weighted by atomic mass is 9.81. The van der Waals surface area contributed by atoms with Crippen LogP contribution in [0, 0.1) is 6.92 Å². The van der Waals surface area contributed by atoms with Crippen molar-refractivity contribution >= 4 is 0 Å². The highest BCUT2D eigenvalue weighted by molar-refractivity contribution is 5.22. The molecular weight excluding hydrogens is 246 g/mol. The summed E-state index contributed by atoms with van der Waals surface area (Å²) in [5.74, 6) is 0. The molecule has 2 fully saturated rings. The standard InChI is InChI=1S/C17H27N3/c1-3-19-15-9-16-5-4-6-17(10-15)20(16)12-14-7-8-18-11-13(14)2/h7-8,11,15-17,19H,3-6,9-10,12H2,1-2H3. The lowest BCUT2D eigenvalue weighted by molar-refractivity contribution is 0.0178. The van der Waals surface area contributed by atoms with Crippen molar-refractivity contribution in [3.05, 3.63) is 29.6 Å². The number of hydrogen-bond acceptors (Lipinski definition) is 3. The fourth-order valence-corrected chi connectivity index (χ4v) is 4.07. The zero-order valence-corrected chi connectivity index (χ0v) is 12.8. The Labute approximate surface area is 122 Å². The molecule has 0 aliphatic carbocycles. The Kier molecular flexibility index (Phi) is 4.37. The third-order valence-corrected chi connectivity index (χ3v) is 5.11. The largest absolute Gasteiger partial charge is 0.314 e. The maximum Gasteiger partial charge on any atom is 0.0300 e. The van der Waals surface area contributed by atoms with E-state index < -0.39 is 0 Å². The van der Waals surface area contributed by atoms with E-state index >= 15 is 0 Å². The fourth-order valence-electron chi connectivity index (χ4n) is 4.07. The molecule has 1 N–H and O–H groups in total. The molecule has 2 aliphatic rings. The summed E-state index contributed by atoms with van der Waals surface area (Å²) in [6, 6.07) is 4.49. The van der Waals surface area contributed by atoms with Gasteiger partial charge >= 0.3 is 0 Å². The van der Waals surface area contributed by atoms with Gasteiger partial charge in [0.25, 0.3) is 0 Å². The molecule has 0 saturated carbocycles. The first-order chi connectivity index (χ1) is 9.78. The summed E-state index contributed by atoms with van der Waals surface area (Å²) in [5, 5.41) is 3.67. The molecule has 3 rings (SSSR count). The third kappa shape index (κ3) is 2.89. The Morgan fingerprint density at radius 1 is 1.30 bits per heavy atom. The monoisotopic (exact) mass is 273 g/mol. The van der Waals surface area contributed by atoms with Crippen molar-refractivity contribution in [1.29, 1.82) is 0 Å². The summed E-state index contributed by atoms with van der Waals surface area (Å²) in [6.45, 7) is 6.63. The molecule has 1 aromatic heterocycles. The van der Waals surface area contributed by atoms with Crippen LogP contribution in [0.2, 0.25) is 0 Å². The maximum atomic E-state index is 4.22. The first kappa shape index (κ1) is 14.0. The smallest absolute Gasteiger partial charge is 0.0300 e. The summed E-state index contributed by atoms with van der Waals surface area (Å²) in [5.41, 5.74) is 2.79. The van der Waals surface area contributed by atoms with Gasteiger partial charge in [0, 0.05) is 37.1 Å².